The Labute approximate surface area is 143 Å². The minimum Gasteiger partial charge on any atom is -0.341 e. The van der Waals surface area contributed by atoms with Gasteiger partial charge in [-0.2, -0.15) is 0 Å². The zero-order chi connectivity index (χ0) is 16.3. The van der Waals surface area contributed by atoms with Gasteiger partial charge in [0.15, 0.2) is 0 Å². The third-order valence-electron chi connectivity index (χ3n) is 3.22. The largest absolute Gasteiger partial charge is 0.341 e. The SMILES string of the molecule is CN(Cc1c(F)cccc1Cl)C(=O)Cc1ccc(Cl)c(Cl)c1. The standard InChI is InChI=1S/C16H13Cl3FNO/c1-21(9-11-12(17)3-2-4-15(11)20)16(22)8-10-5-6-13(18)14(19)7-10/h2-7H,8-9H2,1H3. The molecular formula is C16H13Cl3FNO. The average Bonchev–Trinajstić information content (AvgIpc) is 2.46. The van der Waals surface area contributed by atoms with Crippen LogP contribution in [0.3, 0.4) is 0 Å². The lowest BCUT2D eigenvalue weighted by Crippen LogP contribution is -2.28. The maximum atomic E-state index is 13.7. The van der Waals surface area contributed by atoms with E-state index in [2.05, 4.69) is 0 Å². The molecule has 0 saturated carbocycles. The number of hydrogen-bond acceptors (Lipinski definition) is 1. The van der Waals surface area contributed by atoms with Crippen LogP contribution in [0.15, 0.2) is 36.4 Å². The summed E-state index contributed by atoms with van der Waals surface area (Å²) < 4.78 is 13.7. The van der Waals surface area contributed by atoms with Crippen LogP contribution in [0.25, 0.3) is 0 Å². The molecule has 0 fully saturated rings. The van der Waals surface area contributed by atoms with Gasteiger partial charge < -0.3 is 4.90 Å². The second-order valence-electron chi connectivity index (χ2n) is 4.88. The number of benzene rings is 2. The molecule has 116 valence electrons. The van der Waals surface area contributed by atoms with E-state index in [1.54, 1.807) is 31.3 Å². The predicted octanol–water partition coefficient (Wildman–Crippen LogP) is 4.99. The molecule has 0 heterocycles. The Morgan fingerprint density at radius 2 is 1.82 bits per heavy atom. The highest BCUT2D eigenvalue weighted by atomic mass is 35.5. The summed E-state index contributed by atoms with van der Waals surface area (Å²) in [6, 6.07) is 9.45. The van der Waals surface area contributed by atoms with Gasteiger partial charge in [-0.1, -0.05) is 46.9 Å². The van der Waals surface area contributed by atoms with E-state index in [-0.39, 0.29) is 18.9 Å². The summed E-state index contributed by atoms with van der Waals surface area (Å²) in [6.45, 7) is 0.103. The zero-order valence-corrected chi connectivity index (χ0v) is 14.0. The first-order chi connectivity index (χ1) is 10.4. The van der Waals surface area contributed by atoms with Crippen molar-refractivity contribution in [2.24, 2.45) is 0 Å². The zero-order valence-electron chi connectivity index (χ0n) is 11.7. The van der Waals surface area contributed by atoms with Crippen molar-refractivity contribution in [1.82, 2.24) is 4.90 Å². The van der Waals surface area contributed by atoms with Gasteiger partial charge in [-0.3, -0.25) is 4.79 Å². The topological polar surface area (TPSA) is 20.3 Å². The Hall–Kier alpha value is -1.29. The summed E-state index contributed by atoms with van der Waals surface area (Å²) in [5, 5.41) is 1.13. The summed E-state index contributed by atoms with van der Waals surface area (Å²) >= 11 is 17.7. The molecule has 6 heteroatoms. The number of halogens is 4. The molecule has 0 aliphatic rings. The number of likely N-dealkylation sites (N-methyl/N-ethyl adjacent to an activating group) is 1. The summed E-state index contributed by atoms with van der Waals surface area (Å²) in [5.74, 6) is -0.598. The molecule has 0 bridgehead atoms. The van der Waals surface area contributed by atoms with Crippen LogP contribution < -0.4 is 0 Å². The first-order valence-electron chi connectivity index (χ1n) is 6.49. The molecule has 0 aliphatic heterocycles. The number of carbonyl (C=O) groups excluding carboxylic acids is 1. The van der Waals surface area contributed by atoms with Crippen LogP contribution in [0.1, 0.15) is 11.1 Å². The summed E-state index contributed by atoms with van der Waals surface area (Å²) in [6.07, 6.45) is 0.152. The van der Waals surface area contributed by atoms with E-state index in [1.807, 2.05) is 0 Å². The van der Waals surface area contributed by atoms with Gasteiger partial charge in [0.25, 0.3) is 0 Å². The number of carbonyl (C=O) groups is 1. The smallest absolute Gasteiger partial charge is 0.227 e. The van der Waals surface area contributed by atoms with Crippen LogP contribution in [-0.4, -0.2) is 17.9 Å². The third kappa shape index (κ3) is 4.13. The second-order valence-corrected chi connectivity index (χ2v) is 6.10. The van der Waals surface area contributed by atoms with Crippen LogP contribution in [0, 0.1) is 5.82 Å². The Kier molecular flexibility index (Phi) is 5.68. The first kappa shape index (κ1) is 17.1. The van der Waals surface area contributed by atoms with Crippen molar-refractivity contribution in [3.05, 3.63) is 68.4 Å². The van der Waals surface area contributed by atoms with E-state index in [9.17, 15) is 9.18 Å². The molecule has 2 nitrogen and oxygen atoms in total. The molecule has 2 aromatic carbocycles. The number of hydrogen-bond donors (Lipinski definition) is 0. The fraction of sp³-hybridized carbons (Fsp3) is 0.188. The van der Waals surface area contributed by atoms with Crippen LogP contribution in [0.2, 0.25) is 15.1 Å². The molecular weight excluding hydrogens is 348 g/mol. The van der Waals surface area contributed by atoms with Crippen molar-refractivity contribution in [2.75, 3.05) is 7.05 Å². The molecule has 0 atom stereocenters. The van der Waals surface area contributed by atoms with Crippen molar-refractivity contribution in [2.45, 2.75) is 13.0 Å². The molecule has 2 rings (SSSR count). The van der Waals surface area contributed by atoms with Crippen LogP contribution in [0.5, 0.6) is 0 Å². The van der Waals surface area contributed by atoms with Crippen molar-refractivity contribution in [1.29, 1.82) is 0 Å². The Balaban J connectivity index is 2.07. The molecule has 0 aromatic heterocycles. The van der Waals surface area contributed by atoms with Crippen molar-refractivity contribution >= 4 is 40.7 Å². The van der Waals surface area contributed by atoms with Crippen LogP contribution in [0.4, 0.5) is 4.39 Å². The monoisotopic (exact) mass is 359 g/mol. The fourth-order valence-electron chi connectivity index (χ4n) is 1.97. The lowest BCUT2D eigenvalue weighted by molar-refractivity contribution is -0.129. The van der Waals surface area contributed by atoms with Crippen LogP contribution >= 0.6 is 34.8 Å². The molecule has 0 N–H and O–H groups in total. The molecule has 1 amide bonds. The van der Waals surface area contributed by atoms with Gasteiger partial charge in [-0.15, -0.1) is 0 Å². The first-order valence-corrected chi connectivity index (χ1v) is 7.62. The highest BCUT2D eigenvalue weighted by Gasteiger charge is 2.15. The van der Waals surface area contributed by atoms with E-state index in [1.165, 1.54) is 17.0 Å². The van der Waals surface area contributed by atoms with Gasteiger partial charge in [0, 0.05) is 24.2 Å². The summed E-state index contributed by atoms with van der Waals surface area (Å²) in [5.41, 5.74) is 1.04. The third-order valence-corrected chi connectivity index (χ3v) is 4.32. The minimum atomic E-state index is -0.429. The van der Waals surface area contributed by atoms with Crippen molar-refractivity contribution in [3.63, 3.8) is 0 Å². The van der Waals surface area contributed by atoms with Crippen molar-refractivity contribution in [3.8, 4) is 0 Å². The highest BCUT2D eigenvalue weighted by Crippen LogP contribution is 2.24. The van der Waals surface area contributed by atoms with E-state index in [0.29, 0.717) is 20.6 Å². The average molecular weight is 361 g/mol. The van der Waals surface area contributed by atoms with Gasteiger partial charge in [-0.05, 0) is 29.8 Å². The quantitative estimate of drug-likeness (QED) is 0.752. The Morgan fingerprint density at radius 1 is 1.09 bits per heavy atom. The Bertz CT molecular complexity index is 686. The van der Waals surface area contributed by atoms with Gasteiger partial charge in [-0.25, -0.2) is 4.39 Å². The predicted molar refractivity (Wildman–Crippen MR) is 88.1 cm³/mol. The van der Waals surface area contributed by atoms with E-state index in [0.717, 1.165) is 5.56 Å². The highest BCUT2D eigenvalue weighted by molar-refractivity contribution is 6.42. The lowest BCUT2D eigenvalue weighted by atomic mass is 10.1. The molecule has 0 spiro atoms. The second kappa shape index (κ2) is 7.32. The van der Waals surface area contributed by atoms with E-state index in [4.69, 9.17) is 34.8 Å². The Morgan fingerprint density at radius 3 is 2.45 bits per heavy atom. The normalized spacial score (nSPS) is 10.6. The fourth-order valence-corrected chi connectivity index (χ4v) is 2.51. The van der Waals surface area contributed by atoms with Crippen molar-refractivity contribution < 1.29 is 9.18 Å². The molecule has 0 aliphatic carbocycles. The maximum absolute atomic E-state index is 13.7. The number of amides is 1. The molecule has 0 unspecified atom stereocenters. The number of nitrogens with zero attached hydrogens (tertiary/aromatic N) is 1. The van der Waals surface area contributed by atoms with Gasteiger partial charge >= 0.3 is 0 Å². The number of rotatable bonds is 4. The minimum absolute atomic E-state index is 0.103. The molecule has 0 saturated heterocycles. The lowest BCUT2D eigenvalue weighted by Gasteiger charge is -2.18. The maximum Gasteiger partial charge on any atom is 0.227 e. The van der Waals surface area contributed by atoms with Gasteiger partial charge in [0.1, 0.15) is 5.82 Å². The van der Waals surface area contributed by atoms with Gasteiger partial charge in [0.2, 0.25) is 5.91 Å². The molecule has 2 aromatic rings. The van der Waals surface area contributed by atoms with E-state index >= 15 is 0 Å². The van der Waals surface area contributed by atoms with Gasteiger partial charge in [0.05, 0.1) is 16.5 Å². The summed E-state index contributed by atoms with van der Waals surface area (Å²) in [4.78, 5) is 13.6. The van der Waals surface area contributed by atoms with Crippen LogP contribution in [-0.2, 0) is 17.8 Å². The molecule has 22 heavy (non-hydrogen) atoms. The summed E-state index contributed by atoms with van der Waals surface area (Å²) in [7, 11) is 1.60. The molecule has 0 radical (unpaired) electrons. The van der Waals surface area contributed by atoms with E-state index < -0.39 is 5.82 Å².